The van der Waals surface area contributed by atoms with Gasteiger partial charge in [-0.25, -0.2) is 4.57 Å². The fourth-order valence-corrected chi connectivity index (χ4v) is 12.2. The number of aromatic nitrogens is 1. The Kier molecular flexibility index (Phi) is 4.68. The van der Waals surface area contributed by atoms with Crippen molar-refractivity contribution >= 4 is 48.5 Å². The molecule has 3 aromatic carbocycles. The highest BCUT2D eigenvalue weighted by molar-refractivity contribution is 7.08. The van der Waals surface area contributed by atoms with E-state index in [0.717, 1.165) is 17.7 Å². The number of fused-ring (bicyclic) bond motifs is 3. The van der Waals surface area contributed by atoms with Crippen molar-refractivity contribution in [3.8, 4) is 11.3 Å². The van der Waals surface area contributed by atoms with Crippen molar-refractivity contribution < 1.29 is 5.94 Å². The van der Waals surface area contributed by atoms with E-state index >= 15 is 0 Å². The van der Waals surface area contributed by atoms with Crippen LogP contribution in [0.4, 0.5) is 0 Å². The molecule has 2 aliphatic heterocycles. The number of benzene rings is 3. The highest BCUT2D eigenvalue weighted by Gasteiger charge is 2.49. The van der Waals surface area contributed by atoms with Gasteiger partial charge in [0.2, 0.25) is 5.69 Å². The summed E-state index contributed by atoms with van der Waals surface area (Å²) in [6, 6.07) is 24.7. The summed E-state index contributed by atoms with van der Waals surface area (Å²) in [4.78, 5) is 0. The lowest BCUT2D eigenvalue weighted by molar-refractivity contribution is -0.659. The van der Waals surface area contributed by atoms with Gasteiger partial charge < -0.3 is 0 Å². The maximum atomic E-state index is 9.44. The zero-order valence-corrected chi connectivity index (χ0v) is 24.1. The maximum Gasteiger partial charge on any atom is 0.212 e. The van der Waals surface area contributed by atoms with Crippen LogP contribution in [0.25, 0.3) is 33.3 Å². The van der Waals surface area contributed by atoms with E-state index in [1.807, 2.05) is 0 Å². The van der Waals surface area contributed by atoms with Gasteiger partial charge in [-0.2, -0.15) is 0 Å². The minimum absolute atomic E-state index is 0.442. The third-order valence-corrected chi connectivity index (χ3v) is 14.5. The summed E-state index contributed by atoms with van der Waals surface area (Å²) < 4.78 is 11.8. The predicted octanol–water partition coefficient (Wildman–Crippen LogP) is 6.47. The Labute approximate surface area is 213 Å². The van der Waals surface area contributed by atoms with Gasteiger partial charge in [-0.1, -0.05) is 99.8 Å². The Morgan fingerprint density at radius 1 is 1.00 bits per heavy atom. The molecule has 0 amide bonds. The molecule has 1 aromatic heterocycles. The number of rotatable bonds is 3. The van der Waals surface area contributed by atoms with E-state index in [0.29, 0.717) is 5.92 Å². The molecular weight excluding hydrogens is 455 g/mol. The minimum atomic E-state index is -2.20. The van der Waals surface area contributed by atoms with Crippen LogP contribution in [-0.4, -0.2) is 16.1 Å². The van der Waals surface area contributed by atoms with Crippen molar-refractivity contribution in [1.82, 2.24) is 0 Å². The van der Waals surface area contributed by atoms with Gasteiger partial charge in [-0.15, -0.1) is 0 Å². The van der Waals surface area contributed by atoms with Crippen molar-refractivity contribution in [3.63, 3.8) is 0 Å². The summed E-state index contributed by atoms with van der Waals surface area (Å²) in [7, 11) is -1.39. The van der Waals surface area contributed by atoms with Crippen molar-refractivity contribution in [2.24, 2.45) is 7.05 Å². The molecule has 35 heavy (non-hydrogen) atoms. The largest absolute Gasteiger partial charge is 0.212 e. The van der Waals surface area contributed by atoms with Crippen molar-refractivity contribution in [2.75, 3.05) is 0 Å². The molecule has 3 heteroatoms. The Bertz CT molecular complexity index is 1590. The standard InChI is InChI=1S/C32H36NSi2/c1-21(2)30-26-11-9-8-10-23(26)18-27-28(30)20-35(7)29(19-24-16-17-33(3)31(27)32(24)35)22-12-14-25(15-13-22)34(4,5)6/h8-19,21H,20H2,1-7H3/q+1/i19D. The van der Waals surface area contributed by atoms with Crippen LogP contribution in [-0.2, 0) is 13.1 Å². The number of pyridine rings is 1. The van der Waals surface area contributed by atoms with Crippen LogP contribution < -0.4 is 14.9 Å². The summed E-state index contributed by atoms with van der Waals surface area (Å²) in [5.74, 6) is 0.442. The van der Waals surface area contributed by atoms with Crippen LogP contribution in [0.15, 0.2) is 66.9 Å². The number of hydrogen-bond donors (Lipinski definition) is 0. The summed E-state index contributed by atoms with van der Waals surface area (Å²) in [5, 5.41) is 6.98. The van der Waals surface area contributed by atoms with E-state index in [1.54, 1.807) is 0 Å². The molecule has 0 saturated carbocycles. The SMILES string of the molecule is [2H]C1=C(c2ccc([Si](C)(C)C)cc2)[Si]2(C)Cc3c(cc4ccccc4c3C(C)C)-c3c2c1cc[n+]3C. The van der Waals surface area contributed by atoms with E-state index in [-0.39, 0.29) is 0 Å². The summed E-state index contributed by atoms with van der Waals surface area (Å²) in [6.45, 7) is 14.4. The first-order valence-electron chi connectivity index (χ1n) is 13.4. The molecule has 1 atom stereocenters. The monoisotopic (exact) mass is 491 g/mol. The van der Waals surface area contributed by atoms with Crippen LogP contribution in [0, 0.1) is 0 Å². The second-order valence-corrected chi connectivity index (χ2v) is 21.2. The first-order chi connectivity index (χ1) is 17.0. The zero-order chi connectivity index (χ0) is 25.6. The third-order valence-electron chi connectivity index (χ3n) is 8.29. The van der Waals surface area contributed by atoms with Crippen LogP contribution >= 0.6 is 0 Å². The van der Waals surface area contributed by atoms with E-state index in [9.17, 15) is 1.37 Å². The quantitative estimate of drug-likeness (QED) is 0.228. The van der Waals surface area contributed by atoms with Crippen LogP contribution in [0.2, 0.25) is 26.2 Å². The van der Waals surface area contributed by atoms with Crippen LogP contribution in [0.5, 0.6) is 0 Å². The second kappa shape index (κ2) is 7.62. The molecule has 0 radical (unpaired) electrons. The minimum Gasteiger partial charge on any atom is -0.201 e. The Hall–Kier alpha value is -2.76. The fourth-order valence-electron chi connectivity index (χ4n) is 6.57. The third kappa shape index (κ3) is 3.28. The molecule has 1 unspecified atom stereocenters. The lowest BCUT2D eigenvalue weighted by Gasteiger charge is -2.35. The molecule has 2 aliphatic rings. The van der Waals surface area contributed by atoms with Gasteiger partial charge in [-0.05, 0) is 56.3 Å². The lowest BCUT2D eigenvalue weighted by Crippen LogP contribution is -2.55. The molecule has 0 saturated heterocycles. The van der Waals surface area contributed by atoms with Crippen LogP contribution in [0.3, 0.4) is 0 Å². The van der Waals surface area contributed by atoms with E-state index in [4.69, 9.17) is 0 Å². The lowest BCUT2D eigenvalue weighted by atomic mass is 9.87. The molecule has 6 rings (SSSR count). The summed E-state index contributed by atoms with van der Waals surface area (Å²) in [5.41, 5.74) is 8.16. The topological polar surface area (TPSA) is 3.88 Å². The molecule has 0 bridgehead atoms. The van der Waals surface area contributed by atoms with Gasteiger partial charge in [0.15, 0.2) is 6.20 Å². The molecule has 4 aromatic rings. The first-order valence-corrected chi connectivity index (χ1v) is 19.1. The van der Waals surface area contributed by atoms with Crippen LogP contribution in [0.1, 0.15) is 43.4 Å². The second-order valence-electron chi connectivity index (χ2n) is 12.1. The summed E-state index contributed by atoms with van der Waals surface area (Å²) in [6.07, 6.45) is 2.17. The predicted molar refractivity (Wildman–Crippen MR) is 157 cm³/mol. The van der Waals surface area contributed by atoms with E-state index in [2.05, 4.69) is 119 Å². The average Bonchev–Trinajstić information content (AvgIpc) is 3.04. The molecule has 3 heterocycles. The molecule has 0 aliphatic carbocycles. The zero-order valence-electron chi connectivity index (χ0n) is 23.1. The molecule has 0 N–H and O–H groups in total. The fraction of sp³-hybridized carbons (Fsp3) is 0.281. The average molecular weight is 492 g/mol. The van der Waals surface area contributed by atoms with Gasteiger partial charge in [0.25, 0.3) is 0 Å². The van der Waals surface area contributed by atoms with Crippen molar-refractivity contribution in [3.05, 3.63) is 89.1 Å². The molecule has 1 nitrogen and oxygen atoms in total. The maximum absolute atomic E-state index is 9.44. The Morgan fingerprint density at radius 3 is 2.40 bits per heavy atom. The smallest absolute Gasteiger partial charge is 0.201 e. The highest BCUT2D eigenvalue weighted by Crippen LogP contribution is 2.46. The van der Waals surface area contributed by atoms with E-state index in [1.165, 1.54) is 54.3 Å². The summed E-state index contributed by atoms with van der Waals surface area (Å²) >= 11 is 0. The van der Waals surface area contributed by atoms with Gasteiger partial charge in [0.1, 0.15) is 15.1 Å². The van der Waals surface area contributed by atoms with Gasteiger partial charge in [0.05, 0.1) is 9.44 Å². The molecule has 0 spiro atoms. The van der Waals surface area contributed by atoms with Gasteiger partial charge in [-0.3, -0.25) is 0 Å². The number of nitrogens with zero attached hydrogens (tertiary/aromatic N) is 1. The van der Waals surface area contributed by atoms with Crippen molar-refractivity contribution in [2.45, 2.75) is 52.0 Å². The normalized spacial score (nSPS) is 19.3. The number of aryl methyl sites for hydroxylation is 1. The molecular formula is C32H36NSi2+. The molecule has 176 valence electrons. The highest BCUT2D eigenvalue weighted by atomic mass is 28.3. The first kappa shape index (κ1) is 21.5. The Balaban J connectivity index is 1.65. The van der Waals surface area contributed by atoms with Gasteiger partial charge in [0, 0.05) is 16.8 Å². The number of hydrogen-bond acceptors (Lipinski definition) is 0. The molecule has 0 fully saturated rings. The van der Waals surface area contributed by atoms with Gasteiger partial charge >= 0.3 is 0 Å². The van der Waals surface area contributed by atoms with Crippen molar-refractivity contribution in [1.29, 1.82) is 0 Å². The Morgan fingerprint density at radius 2 is 1.71 bits per heavy atom. The van der Waals surface area contributed by atoms with E-state index < -0.39 is 16.1 Å².